The van der Waals surface area contributed by atoms with Gasteiger partial charge in [0.05, 0.1) is 5.69 Å². The van der Waals surface area contributed by atoms with Crippen LogP contribution < -0.4 is 0 Å². The summed E-state index contributed by atoms with van der Waals surface area (Å²) < 4.78 is 0. The van der Waals surface area contributed by atoms with E-state index in [9.17, 15) is 9.90 Å². The van der Waals surface area contributed by atoms with Crippen LogP contribution in [0.1, 0.15) is 22.8 Å². The highest BCUT2D eigenvalue weighted by atomic mass is 16.3. The van der Waals surface area contributed by atoms with Crippen LogP contribution in [0.4, 0.5) is 11.4 Å². The van der Waals surface area contributed by atoms with E-state index >= 15 is 0 Å². The first-order chi connectivity index (χ1) is 9.06. The maximum atomic E-state index is 11.1. The third-order valence-electron chi connectivity index (χ3n) is 2.68. The van der Waals surface area contributed by atoms with Crippen LogP contribution in [0.5, 0.6) is 5.75 Å². The number of ketones is 1. The molecule has 4 nitrogen and oxygen atoms in total. The first-order valence-electron chi connectivity index (χ1n) is 5.88. The molecule has 0 fully saturated rings. The highest BCUT2D eigenvalue weighted by Crippen LogP contribution is 2.28. The molecule has 2 rings (SSSR count). The van der Waals surface area contributed by atoms with Crippen LogP contribution in [-0.2, 0) is 0 Å². The van der Waals surface area contributed by atoms with Crippen molar-refractivity contribution in [2.45, 2.75) is 13.8 Å². The molecule has 0 radical (unpaired) electrons. The maximum absolute atomic E-state index is 11.1. The van der Waals surface area contributed by atoms with E-state index in [1.807, 2.05) is 6.92 Å². The second-order valence-corrected chi connectivity index (χ2v) is 4.30. The smallest absolute Gasteiger partial charge is 0.159 e. The molecule has 0 aromatic heterocycles. The fourth-order valence-electron chi connectivity index (χ4n) is 1.59. The number of benzene rings is 2. The van der Waals surface area contributed by atoms with Gasteiger partial charge in [0.1, 0.15) is 11.4 Å². The number of Topliss-reactive ketones (excluding diaryl/α,β-unsaturated/α-hetero) is 1. The zero-order valence-electron chi connectivity index (χ0n) is 10.8. The predicted molar refractivity (Wildman–Crippen MR) is 73.5 cm³/mol. The minimum absolute atomic E-state index is 0.0137. The zero-order chi connectivity index (χ0) is 13.8. The average Bonchev–Trinajstić information content (AvgIpc) is 2.40. The van der Waals surface area contributed by atoms with Crippen LogP contribution in [0.25, 0.3) is 0 Å². The highest BCUT2D eigenvalue weighted by molar-refractivity contribution is 5.94. The van der Waals surface area contributed by atoms with Gasteiger partial charge in [0, 0.05) is 5.56 Å². The van der Waals surface area contributed by atoms with Gasteiger partial charge in [-0.15, -0.1) is 5.11 Å². The fraction of sp³-hybridized carbons (Fsp3) is 0.133. The molecule has 0 amide bonds. The Kier molecular flexibility index (Phi) is 3.71. The number of carbonyl (C=O) groups excluding carboxylic acids is 1. The molecule has 1 N–H and O–H groups in total. The van der Waals surface area contributed by atoms with Crippen molar-refractivity contribution >= 4 is 17.2 Å². The third-order valence-corrected chi connectivity index (χ3v) is 2.68. The Bertz CT molecular complexity index is 631. The van der Waals surface area contributed by atoms with Crippen molar-refractivity contribution in [2.24, 2.45) is 10.2 Å². The molecule has 0 saturated carbocycles. The lowest BCUT2D eigenvalue weighted by molar-refractivity contribution is 0.101. The van der Waals surface area contributed by atoms with E-state index in [4.69, 9.17) is 0 Å². The van der Waals surface area contributed by atoms with Gasteiger partial charge >= 0.3 is 0 Å². The molecular formula is C15H14N2O2. The standard InChI is InChI=1S/C15H14N2O2/c1-10-3-8-15(19)14(9-10)17-16-13-6-4-12(5-7-13)11(2)18/h3-9,19H,1-2H3. The number of carbonyl (C=O) groups is 1. The normalized spacial score (nSPS) is 10.8. The first-order valence-corrected chi connectivity index (χ1v) is 5.88. The van der Waals surface area contributed by atoms with Crippen molar-refractivity contribution in [3.05, 3.63) is 53.6 Å². The zero-order valence-corrected chi connectivity index (χ0v) is 10.8. The Balaban J connectivity index is 2.22. The summed E-state index contributed by atoms with van der Waals surface area (Å²) in [5, 5.41) is 17.7. The van der Waals surface area contributed by atoms with Crippen molar-refractivity contribution in [2.75, 3.05) is 0 Å². The Labute approximate surface area is 111 Å². The molecule has 0 unspecified atom stereocenters. The van der Waals surface area contributed by atoms with Gasteiger partial charge in [0.15, 0.2) is 5.78 Å². The second kappa shape index (κ2) is 5.44. The number of phenols is 1. The molecule has 0 aliphatic rings. The lowest BCUT2D eigenvalue weighted by Crippen LogP contribution is -1.89. The summed E-state index contributed by atoms with van der Waals surface area (Å²) in [6.07, 6.45) is 0. The second-order valence-electron chi connectivity index (χ2n) is 4.30. The van der Waals surface area contributed by atoms with Crippen LogP contribution >= 0.6 is 0 Å². The number of nitrogens with zero attached hydrogens (tertiary/aromatic N) is 2. The average molecular weight is 254 g/mol. The van der Waals surface area contributed by atoms with Crippen LogP contribution in [-0.4, -0.2) is 10.9 Å². The van der Waals surface area contributed by atoms with Crippen molar-refractivity contribution < 1.29 is 9.90 Å². The van der Waals surface area contributed by atoms with E-state index in [2.05, 4.69) is 10.2 Å². The van der Waals surface area contributed by atoms with Gasteiger partial charge in [-0.2, -0.15) is 5.11 Å². The van der Waals surface area contributed by atoms with E-state index < -0.39 is 0 Å². The number of aromatic hydroxyl groups is 1. The number of aryl methyl sites for hydroxylation is 1. The molecular weight excluding hydrogens is 240 g/mol. The number of azo groups is 1. The minimum Gasteiger partial charge on any atom is -0.506 e. The molecule has 0 saturated heterocycles. The first kappa shape index (κ1) is 13.0. The quantitative estimate of drug-likeness (QED) is 0.655. The molecule has 4 heteroatoms. The molecule has 96 valence electrons. The van der Waals surface area contributed by atoms with Gasteiger partial charge in [-0.1, -0.05) is 6.07 Å². The Morgan fingerprint density at radius 1 is 1.05 bits per heavy atom. The van der Waals surface area contributed by atoms with Crippen LogP contribution in [0.2, 0.25) is 0 Å². The summed E-state index contributed by atoms with van der Waals surface area (Å²) in [5.41, 5.74) is 2.69. The minimum atomic E-state index is 0.0137. The predicted octanol–water partition coefficient (Wildman–Crippen LogP) is 4.32. The topological polar surface area (TPSA) is 62.0 Å². The van der Waals surface area contributed by atoms with E-state index in [1.54, 1.807) is 42.5 Å². The molecule has 0 bridgehead atoms. The summed E-state index contributed by atoms with van der Waals surface area (Å²) in [5.74, 6) is 0.106. The summed E-state index contributed by atoms with van der Waals surface area (Å²) in [6.45, 7) is 3.43. The van der Waals surface area contributed by atoms with Crippen molar-refractivity contribution in [3.63, 3.8) is 0 Å². The lowest BCUT2D eigenvalue weighted by atomic mass is 10.1. The number of phenolic OH excluding ortho intramolecular Hbond substituents is 1. The van der Waals surface area contributed by atoms with E-state index in [0.29, 0.717) is 16.9 Å². The number of hydrogen-bond acceptors (Lipinski definition) is 4. The van der Waals surface area contributed by atoms with Gasteiger partial charge in [-0.3, -0.25) is 4.79 Å². The molecule has 0 aliphatic heterocycles. The van der Waals surface area contributed by atoms with Gasteiger partial charge in [-0.05, 0) is 55.8 Å². The van der Waals surface area contributed by atoms with Crippen LogP contribution in [0.3, 0.4) is 0 Å². The van der Waals surface area contributed by atoms with Crippen molar-refractivity contribution in [1.29, 1.82) is 0 Å². The fourth-order valence-corrected chi connectivity index (χ4v) is 1.59. The molecule has 0 atom stereocenters. The molecule has 2 aromatic carbocycles. The Morgan fingerprint density at radius 2 is 1.74 bits per heavy atom. The number of hydrogen-bond donors (Lipinski definition) is 1. The summed E-state index contributed by atoms with van der Waals surface area (Å²) in [7, 11) is 0. The number of rotatable bonds is 3. The van der Waals surface area contributed by atoms with E-state index in [0.717, 1.165) is 5.56 Å². The Morgan fingerprint density at radius 3 is 2.37 bits per heavy atom. The highest BCUT2D eigenvalue weighted by Gasteiger charge is 2.00. The van der Waals surface area contributed by atoms with Crippen LogP contribution in [0, 0.1) is 6.92 Å². The molecule has 19 heavy (non-hydrogen) atoms. The molecule has 0 spiro atoms. The largest absolute Gasteiger partial charge is 0.506 e. The van der Waals surface area contributed by atoms with Gasteiger partial charge in [0.2, 0.25) is 0 Å². The van der Waals surface area contributed by atoms with Gasteiger partial charge in [0.25, 0.3) is 0 Å². The van der Waals surface area contributed by atoms with E-state index in [1.165, 1.54) is 6.92 Å². The van der Waals surface area contributed by atoms with Crippen LogP contribution in [0.15, 0.2) is 52.7 Å². The third kappa shape index (κ3) is 3.25. The molecule has 0 aliphatic carbocycles. The molecule has 2 aromatic rings. The van der Waals surface area contributed by atoms with Gasteiger partial charge in [-0.25, -0.2) is 0 Å². The summed E-state index contributed by atoms with van der Waals surface area (Å²) >= 11 is 0. The van der Waals surface area contributed by atoms with Crippen molar-refractivity contribution in [1.82, 2.24) is 0 Å². The monoisotopic (exact) mass is 254 g/mol. The van der Waals surface area contributed by atoms with E-state index in [-0.39, 0.29) is 11.5 Å². The van der Waals surface area contributed by atoms with Crippen molar-refractivity contribution in [3.8, 4) is 5.75 Å². The Hall–Kier alpha value is -2.49. The van der Waals surface area contributed by atoms with Gasteiger partial charge < -0.3 is 5.11 Å². The maximum Gasteiger partial charge on any atom is 0.159 e. The summed E-state index contributed by atoms with van der Waals surface area (Å²) in [6, 6.07) is 12.0. The summed E-state index contributed by atoms with van der Waals surface area (Å²) in [4.78, 5) is 11.1. The lowest BCUT2D eigenvalue weighted by Gasteiger charge is -1.99. The SMILES string of the molecule is CC(=O)c1ccc(N=Nc2cc(C)ccc2O)cc1. The molecule has 0 heterocycles.